The molecular weight excluding hydrogens is 372 g/mol. The first-order chi connectivity index (χ1) is 13.3. The van der Waals surface area contributed by atoms with Gasteiger partial charge in [-0.05, 0) is 27.7 Å². The van der Waals surface area contributed by atoms with E-state index in [4.69, 9.17) is 23.4 Å². The van der Waals surface area contributed by atoms with Gasteiger partial charge in [0.1, 0.15) is 0 Å². The zero-order chi connectivity index (χ0) is 20.2. The van der Waals surface area contributed by atoms with Crippen LogP contribution in [0.5, 0.6) is 23.0 Å². The predicted molar refractivity (Wildman–Crippen MR) is 112 cm³/mol. The number of hydrogen-bond donors (Lipinski definition) is 2. The normalized spacial score (nSPS) is 18.5. The van der Waals surface area contributed by atoms with Crippen LogP contribution in [0, 0.1) is 0 Å². The molecule has 1 spiro atoms. The summed E-state index contributed by atoms with van der Waals surface area (Å²) in [5.74, 6) is 2.65. The first-order valence-corrected chi connectivity index (χ1v) is 12.4. The fraction of sp³-hybridized carbons (Fsp3) is 0.429. The summed E-state index contributed by atoms with van der Waals surface area (Å²) in [6, 6.07) is 17.1. The van der Waals surface area contributed by atoms with Crippen molar-refractivity contribution in [1.82, 2.24) is 0 Å². The van der Waals surface area contributed by atoms with Gasteiger partial charge in [-0.1, -0.05) is 0 Å². The minimum absolute atomic E-state index is 0.514. The van der Waals surface area contributed by atoms with Crippen molar-refractivity contribution < 1.29 is 23.0 Å². The predicted octanol–water partition coefficient (Wildman–Crippen LogP) is 3.03. The molecular formula is C21H32N2O4Si. The van der Waals surface area contributed by atoms with Crippen LogP contribution in [0.15, 0.2) is 48.5 Å². The Morgan fingerprint density at radius 3 is 1.36 bits per heavy atom. The van der Waals surface area contributed by atoms with Crippen LogP contribution in [-0.2, 0) is 0 Å². The molecule has 154 valence electrons. The number of rotatable bonds is 5. The van der Waals surface area contributed by atoms with Gasteiger partial charge in [0, 0.05) is 0 Å². The Balaban J connectivity index is 0.000000279. The maximum atomic E-state index is 6.16. The fourth-order valence-electron chi connectivity index (χ4n) is 3.58. The van der Waals surface area contributed by atoms with Crippen LogP contribution in [-0.4, -0.2) is 27.0 Å². The second-order valence-corrected chi connectivity index (χ2v) is 11.4. The molecule has 0 aliphatic carbocycles. The summed E-state index contributed by atoms with van der Waals surface area (Å²) in [5.41, 5.74) is 5.67. The van der Waals surface area contributed by atoms with Gasteiger partial charge >= 0.3 is 122 Å². The van der Waals surface area contributed by atoms with Gasteiger partial charge in [-0.15, -0.1) is 0 Å². The van der Waals surface area contributed by atoms with E-state index in [0.717, 1.165) is 12.1 Å². The first-order valence-electron chi connectivity index (χ1n) is 10.0. The van der Waals surface area contributed by atoms with Gasteiger partial charge in [-0.25, -0.2) is 0 Å². The summed E-state index contributed by atoms with van der Waals surface area (Å²) in [7, 11) is -4.01. The molecule has 0 atom stereocenters. The molecule has 2 aromatic carbocycles. The summed E-state index contributed by atoms with van der Waals surface area (Å²) >= 11 is 0. The first kappa shape index (κ1) is 20.5. The van der Waals surface area contributed by atoms with Gasteiger partial charge in [-0.2, -0.15) is 0 Å². The fourth-order valence-corrected chi connectivity index (χ4v) is 7.39. The summed E-state index contributed by atoms with van der Waals surface area (Å²) in [4.78, 5) is 0. The van der Waals surface area contributed by atoms with E-state index in [2.05, 4.69) is 33.0 Å². The molecule has 2 aliphatic heterocycles. The Labute approximate surface area is 167 Å². The van der Waals surface area contributed by atoms with E-state index in [1.54, 1.807) is 0 Å². The standard InChI is InChI=1S/C15H16NO4Si.C6H15N/c16-10-5-11-21(17-12-6-1-2-7-13(12)18-21)19-14-8-3-4-9-15(14)20-21;1-5(2)7-6(3)4/h1-4,6-9H,5,10-11,16H2;5-7H,1-4H3/q-1;/p+1. The monoisotopic (exact) mass is 404 g/mol. The number of fused-ring (bicyclic) bond motifs is 2. The van der Waals surface area contributed by atoms with E-state index in [1.165, 1.54) is 0 Å². The average Bonchev–Trinajstić information content (AvgIpc) is 3.13. The van der Waals surface area contributed by atoms with Gasteiger partial charge in [0.25, 0.3) is 0 Å². The Kier molecular flexibility index (Phi) is 5.88. The van der Waals surface area contributed by atoms with Crippen molar-refractivity contribution in [1.29, 1.82) is 0 Å². The molecule has 6 nitrogen and oxygen atoms in total. The molecule has 0 fully saturated rings. The average molecular weight is 405 g/mol. The van der Waals surface area contributed by atoms with Crippen LogP contribution in [0.1, 0.15) is 34.1 Å². The number of nitrogens with two attached hydrogens (primary N) is 2. The molecule has 0 radical (unpaired) electrons. The summed E-state index contributed by atoms with van der Waals surface area (Å²) in [5, 5.41) is 2.33. The minimum atomic E-state index is -4.01. The maximum absolute atomic E-state index is 6.16. The van der Waals surface area contributed by atoms with E-state index in [0.29, 0.717) is 42.0 Å². The molecule has 0 saturated heterocycles. The van der Waals surface area contributed by atoms with Gasteiger partial charge in [0.2, 0.25) is 0 Å². The van der Waals surface area contributed by atoms with E-state index in [1.807, 2.05) is 48.5 Å². The zero-order valence-electron chi connectivity index (χ0n) is 17.2. The van der Waals surface area contributed by atoms with Crippen LogP contribution in [0.4, 0.5) is 0 Å². The Morgan fingerprint density at radius 1 is 0.750 bits per heavy atom. The molecule has 2 heterocycles. The molecule has 0 unspecified atom stereocenters. The molecule has 2 aromatic rings. The molecule has 0 bridgehead atoms. The van der Waals surface area contributed by atoms with E-state index < -0.39 is 8.33 Å². The molecule has 28 heavy (non-hydrogen) atoms. The Morgan fingerprint density at radius 2 is 1.11 bits per heavy atom. The van der Waals surface area contributed by atoms with Crippen molar-refractivity contribution in [3.8, 4) is 23.0 Å². The molecule has 4 rings (SSSR count). The summed E-state index contributed by atoms with van der Waals surface area (Å²) in [6.07, 6.45) is 0.704. The molecule has 4 N–H and O–H groups in total. The number of quaternary nitrogens is 1. The molecule has 0 aromatic heterocycles. The quantitative estimate of drug-likeness (QED) is 0.749. The van der Waals surface area contributed by atoms with Gasteiger partial charge < -0.3 is 5.32 Å². The second kappa shape index (κ2) is 8.03. The topological polar surface area (TPSA) is 79.6 Å². The molecule has 2 aliphatic rings. The SMILES string of the molecule is CC(C)[NH2+]C(C)C.NCCC[Si-]12(Oc3ccccc3O1)Oc1ccccc1O2. The Bertz CT molecular complexity index is 693. The van der Waals surface area contributed by atoms with Gasteiger partial charge in [0.15, 0.2) is 0 Å². The van der Waals surface area contributed by atoms with Crippen LogP contribution in [0.2, 0.25) is 6.04 Å². The number of benzene rings is 2. The van der Waals surface area contributed by atoms with Crippen molar-refractivity contribution in [2.24, 2.45) is 5.73 Å². The van der Waals surface area contributed by atoms with Crippen molar-refractivity contribution in [2.45, 2.75) is 52.2 Å². The zero-order valence-corrected chi connectivity index (χ0v) is 18.2. The third-order valence-corrected chi connectivity index (χ3v) is 8.11. The third-order valence-electron chi connectivity index (χ3n) is 4.49. The molecule has 7 heteroatoms. The Hall–Kier alpha value is -2.22. The van der Waals surface area contributed by atoms with Crippen LogP contribution in [0.3, 0.4) is 0 Å². The molecule has 0 saturated carbocycles. The van der Waals surface area contributed by atoms with Crippen LogP contribution in [0.25, 0.3) is 0 Å². The van der Waals surface area contributed by atoms with Gasteiger partial charge in [-0.3, -0.25) is 0 Å². The third kappa shape index (κ3) is 4.27. The van der Waals surface area contributed by atoms with E-state index >= 15 is 0 Å². The van der Waals surface area contributed by atoms with Crippen LogP contribution < -0.4 is 28.8 Å². The van der Waals surface area contributed by atoms with Crippen molar-refractivity contribution in [2.75, 3.05) is 6.54 Å². The number of hydrogen-bond acceptors (Lipinski definition) is 5. The van der Waals surface area contributed by atoms with E-state index in [-0.39, 0.29) is 0 Å². The van der Waals surface area contributed by atoms with E-state index in [9.17, 15) is 0 Å². The van der Waals surface area contributed by atoms with Crippen LogP contribution >= 0.6 is 0 Å². The second-order valence-electron chi connectivity index (χ2n) is 7.95. The van der Waals surface area contributed by atoms with Crippen molar-refractivity contribution in [3.63, 3.8) is 0 Å². The molecule has 0 amide bonds. The summed E-state index contributed by atoms with van der Waals surface area (Å²) in [6.45, 7) is 9.36. The number of para-hydroxylation sites is 4. The van der Waals surface area contributed by atoms with Gasteiger partial charge in [0.05, 0.1) is 12.1 Å². The summed E-state index contributed by atoms with van der Waals surface area (Å²) < 4.78 is 24.6. The van der Waals surface area contributed by atoms with Crippen molar-refractivity contribution >= 4 is 8.33 Å². The van der Waals surface area contributed by atoms with Crippen molar-refractivity contribution in [3.05, 3.63) is 48.5 Å².